The second-order valence-electron chi connectivity index (χ2n) is 12.4. The molecule has 4 bridgehead atoms. The van der Waals surface area contributed by atoms with Crippen LogP contribution in [0.25, 0.3) is 0 Å². The highest BCUT2D eigenvalue weighted by Crippen LogP contribution is 2.56. The molecule has 3 N–H and O–H groups in total. The Labute approximate surface area is 229 Å². The average Bonchev–Trinajstić information content (AvgIpc) is 2.90. The van der Waals surface area contributed by atoms with Crippen molar-refractivity contribution < 1.29 is 9.22 Å². The maximum absolute atomic E-state index is 5.28. The van der Waals surface area contributed by atoms with E-state index in [1.54, 1.807) is 7.11 Å². The van der Waals surface area contributed by atoms with Crippen LogP contribution < -0.4 is 20.7 Å². The first-order valence-electron chi connectivity index (χ1n) is 14.9. The molecule has 1 aromatic carbocycles. The molecule has 0 spiro atoms. The van der Waals surface area contributed by atoms with Crippen LogP contribution in [0.4, 0.5) is 17.8 Å². The molecule has 8 heteroatoms. The summed E-state index contributed by atoms with van der Waals surface area (Å²) in [5.74, 6) is 5.54. The zero-order chi connectivity index (χ0) is 26.6. The number of aromatic nitrogens is 3. The second-order valence-corrected chi connectivity index (χ2v) is 12.4. The molecule has 38 heavy (non-hydrogen) atoms. The Kier molecular flexibility index (Phi) is 8.26. The molecule has 1 heterocycles. The van der Waals surface area contributed by atoms with Gasteiger partial charge in [-0.05, 0) is 94.2 Å². The van der Waals surface area contributed by atoms with Crippen molar-refractivity contribution in [3.8, 4) is 5.75 Å². The number of ether oxygens (including phenoxy) is 1. The molecule has 0 radical (unpaired) electrons. The van der Waals surface area contributed by atoms with Crippen molar-refractivity contribution in [3.05, 3.63) is 29.8 Å². The molecule has 1 aromatic heterocycles. The lowest BCUT2D eigenvalue weighted by Crippen LogP contribution is -2.55. The van der Waals surface area contributed by atoms with Gasteiger partial charge in [0.2, 0.25) is 17.8 Å². The van der Waals surface area contributed by atoms with Crippen molar-refractivity contribution in [1.29, 1.82) is 0 Å². The number of rotatable bonds is 14. The van der Waals surface area contributed by atoms with Gasteiger partial charge in [0, 0.05) is 25.0 Å². The van der Waals surface area contributed by atoms with Crippen LogP contribution in [0.3, 0.4) is 0 Å². The van der Waals surface area contributed by atoms with E-state index in [1.807, 2.05) is 12.1 Å². The summed E-state index contributed by atoms with van der Waals surface area (Å²) in [6.07, 6.45) is 10.0. The Balaban J connectivity index is 1.25. The molecule has 0 saturated heterocycles. The van der Waals surface area contributed by atoms with Crippen molar-refractivity contribution >= 4 is 17.8 Å². The van der Waals surface area contributed by atoms with Crippen molar-refractivity contribution in [2.75, 3.05) is 62.8 Å². The van der Waals surface area contributed by atoms with E-state index in [9.17, 15) is 0 Å². The third-order valence-electron chi connectivity index (χ3n) is 9.59. The number of benzene rings is 1. The van der Waals surface area contributed by atoms with Crippen LogP contribution in [0.15, 0.2) is 24.3 Å². The van der Waals surface area contributed by atoms with Gasteiger partial charge in [-0.3, -0.25) is 0 Å². The Bertz CT molecular complexity index is 1020. The van der Waals surface area contributed by atoms with Gasteiger partial charge < -0.3 is 25.2 Å². The monoisotopic (exact) mass is 522 g/mol. The van der Waals surface area contributed by atoms with Gasteiger partial charge in [-0.1, -0.05) is 12.1 Å². The number of quaternary nitrogens is 1. The van der Waals surface area contributed by atoms with Gasteiger partial charge in [0.25, 0.3) is 0 Å². The summed E-state index contributed by atoms with van der Waals surface area (Å²) in [6, 6.07) is 8.24. The largest absolute Gasteiger partial charge is 0.497 e. The number of hydrogen-bond acceptors (Lipinski definition) is 7. The summed E-state index contributed by atoms with van der Waals surface area (Å²) < 4.78 is 6.38. The SMILES string of the molecule is CC[N+](C)(CC)CCCNc1nc(NCCc2ccc(OC)cc2)nc(NC23CC4CC(CC(C4)C2)C3)n1. The van der Waals surface area contributed by atoms with E-state index in [0.29, 0.717) is 11.9 Å². The lowest BCUT2D eigenvalue weighted by atomic mass is 9.53. The van der Waals surface area contributed by atoms with E-state index in [-0.39, 0.29) is 5.54 Å². The molecule has 6 rings (SSSR count). The van der Waals surface area contributed by atoms with Crippen molar-refractivity contribution in [1.82, 2.24) is 15.0 Å². The average molecular weight is 523 g/mol. The van der Waals surface area contributed by atoms with Gasteiger partial charge in [0.05, 0.1) is 33.8 Å². The standard InChI is InChI=1S/C30H48N7O/c1-5-37(3,6-2)15-7-13-31-27-33-28(32-14-12-22-8-10-26(38-4)11-9-22)35-29(34-27)36-30-19-23-16-24(20-30)18-25(17-23)21-30/h8-11,23-25H,5-7,12-21H2,1-4H3,(H3,31,32,33,34,35,36)/q+1. The Morgan fingerprint density at radius 1 is 0.842 bits per heavy atom. The Morgan fingerprint density at radius 3 is 1.95 bits per heavy atom. The molecule has 0 unspecified atom stereocenters. The van der Waals surface area contributed by atoms with Gasteiger partial charge in [-0.2, -0.15) is 15.0 Å². The van der Waals surface area contributed by atoms with Crippen molar-refractivity contribution in [2.24, 2.45) is 17.8 Å². The number of nitrogens with zero attached hydrogens (tertiary/aromatic N) is 4. The second kappa shape index (κ2) is 11.6. The first kappa shape index (κ1) is 27.0. The summed E-state index contributed by atoms with van der Waals surface area (Å²) in [5.41, 5.74) is 1.42. The fourth-order valence-electron chi connectivity index (χ4n) is 7.40. The predicted octanol–water partition coefficient (Wildman–Crippen LogP) is 5.20. The third kappa shape index (κ3) is 6.50. The predicted molar refractivity (Wildman–Crippen MR) is 155 cm³/mol. The Morgan fingerprint density at radius 2 is 1.39 bits per heavy atom. The highest BCUT2D eigenvalue weighted by molar-refractivity contribution is 5.44. The minimum Gasteiger partial charge on any atom is -0.497 e. The Hall–Kier alpha value is -2.61. The summed E-state index contributed by atoms with van der Waals surface area (Å²) >= 11 is 0. The van der Waals surface area contributed by atoms with E-state index in [4.69, 9.17) is 19.7 Å². The maximum Gasteiger partial charge on any atom is 0.229 e. The fourth-order valence-corrected chi connectivity index (χ4v) is 7.40. The zero-order valence-corrected chi connectivity index (χ0v) is 23.9. The van der Waals surface area contributed by atoms with Crippen LogP contribution in [-0.4, -0.2) is 71.9 Å². The molecule has 0 atom stereocenters. The van der Waals surface area contributed by atoms with Crippen LogP contribution in [0.5, 0.6) is 5.75 Å². The van der Waals surface area contributed by atoms with Gasteiger partial charge in [-0.15, -0.1) is 0 Å². The third-order valence-corrected chi connectivity index (χ3v) is 9.59. The molecule has 0 amide bonds. The number of hydrogen-bond donors (Lipinski definition) is 3. The first-order chi connectivity index (χ1) is 18.4. The van der Waals surface area contributed by atoms with Gasteiger partial charge in [0.15, 0.2) is 0 Å². The molecule has 208 valence electrons. The molecule has 4 saturated carbocycles. The van der Waals surface area contributed by atoms with Crippen molar-refractivity contribution in [2.45, 2.75) is 70.8 Å². The minimum atomic E-state index is 0.162. The lowest BCUT2D eigenvalue weighted by Gasteiger charge is -2.56. The van der Waals surface area contributed by atoms with Crippen LogP contribution in [0.1, 0.15) is 64.4 Å². The van der Waals surface area contributed by atoms with E-state index < -0.39 is 0 Å². The van der Waals surface area contributed by atoms with Gasteiger partial charge in [0.1, 0.15) is 5.75 Å². The first-order valence-corrected chi connectivity index (χ1v) is 14.9. The van der Waals surface area contributed by atoms with E-state index >= 15 is 0 Å². The topological polar surface area (TPSA) is 84.0 Å². The quantitative estimate of drug-likeness (QED) is 0.232. The van der Waals surface area contributed by atoms with E-state index in [2.05, 4.69) is 49.0 Å². The van der Waals surface area contributed by atoms with Crippen molar-refractivity contribution in [3.63, 3.8) is 0 Å². The highest BCUT2D eigenvalue weighted by Gasteiger charge is 2.51. The number of methoxy groups -OCH3 is 1. The molecule has 0 aliphatic heterocycles. The molecule has 4 aliphatic carbocycles. The summed E-state index contributed by atoms with van der Waals surface area (Å²) in [7, 11) is 4.03. The fraction of sp³-hybridized carbons (Fsp3) is 0.700. The summed E-state index contributed by atoms with van der Waals surface area (Å²) in [5, 5.41) is 10.8. The van der Waals surface area contributed by atoms with E-state index in [1.165, 1.54) is 44.1 Å². The summed E-state index contributed by atoms with van der Waals surface area (Å²) in [4.78, 5) is 14.5. The molecular formula is C30H48N7O+. The number of anilines is 3. The molecule has 4 fully saturated rings. The summed E-state index contributed by atoms with van der Waals surface area (Å²) in [6.45, 7) is 9.63. The van der Waals surface area contributed by atoms with Gasteiger partial charge >= 0.3 is 0 Å². The normalized spacial score (nSPS) is 25.8. The van der Waals surface area contributed by atoms with Gasteiger partial charge in [-0.25, -0.2) is 0 Å². The smallest absolute Gasteiger partial charge is 0.229 e. The maximum atomic E-state index is 5.28. The van der Waals surface area contributed by atoms with Crippen LogP contribution >= 0.6 is 0 Å². The molecule has 8 nitrogen and oxygen atoms in total. The van der Waals surface area contributed by atoms with E-state index in [0.717, 1.165) is 79.5 Å². The van der Waals surface area contributed by atoms with Crippen LogP contribution in [0, 0.1) is 17.8 Å². The molecule has 2 aromatic rings. The minimum absolute atomic E-state index is 0.162. The molecule has 4 aliphatic rings. The highest BCUT2D eigenvalue weighted by atomic mass is 16.5. The molecular weight excluding hydrogens is 474 g/mol. The lowest BCUT2D eigenvalue weighted by molar-refractivity contribution is -0.906. The van der Waals surface area contributed by atoms with Crippen LogP contribution in [-0.2, 0) is 6.42 Å². The van der Waals surface area contributed by atoms with Crippen LogP contribution in [0.2, 0.25) is 0 Å². The zero-order valence-electron chi connectivity index (χ0n) is 23.9. The number of nitrogens with one attached hydrogen (secondary N) is 3.